The summed E-state index contributed by atoms with van der Waals surface area (Å²) in [7, 11) is 0. The predicted octanol–water partition coefficient (Wildman–Crippen LogP) is 4.10. The molecule has 0 fully saturated rings. The number of amides is 1. The molecule has 9 heteroatoms. The van der Waals surface area contributed by atoms with Crippen molar-refractivity contribution in [2.24, 2.45) is 5.92 Å². The van der Waals surface area contributed by atoms with Gasteiger partial charge in [0.2, 0.25) is 5.91 Å². The number of aryl methyl sites for hydroxylation is 3. The molecule has 188 valence electrons. The molecule has 1 aromatic carbocycles. The van der Waals surface area contributed by atoms with Crippen molar-refractivity contribution in [3.05, 3.63) is 88.2 Å². The lowest BCUT2D eigenvalue weighted by Crippen LogP contribution is -2.40. The van der Waals surface area contributed by atoms with E-state index in [1.165, 1.54) is 16.8 Å². The van der Waals surface area contributed by atoms with Gasteiger partial charge in [-0.15, -0.1) is 0 Å². The molecule has 8 nitrogen and oxygen atoms in total. The monoisotopic (exact) mass is 493 g/mol. The van der Waals surface area contributed by atoms with E-state index in [9.17, 15) is 23.9 Å². The Bertz CT molecular complexity index is 1320. The molecule has 1 unspecified atom stereocenters. The van der Waals surface area contributed by atoms with E-state index in [1.54, 1.807) is 19.9 Å². The maximum Gasteiger partial charge on any atom is 0.305 e. The molecule has 0 spiro atoms. The first-order chi connectivity index (χ1) is 17.0. The molecule has 36 heavy (non-hydrogen) atoms. The number of carboxylic acid groups (broad SMARTS) is 1. The molecule has 2 aromatic heterocycles. The van der Waals surface area contributed by atoms with Crippen molar-refractivity contribution in [3.8, 4) is 11.4 Å². The third-order valence-corrected chi connectivity index (χ3v) is 5.87. The third kappa shape index (κ3) is 6.16. The van der Waals surface area contributed by atoms with Crippen LogP contribution in [0.5, 0.6) is 0 Å². The minimum Gasteiger partial charge on any atom is -0.481 e. The number of hydrogen-bond donors (Lipinski definition) is 2. The topological polar surface area (TPSA) is 114 Å². The average molecular weight is 494 g/mol. The summed E-state index contributed by atoms with van der Waals surface area (Å²) in [5.74, 6) is -2.69. The van der Waals surface area contributed by atoms with Crippen LogP contribution in [-0.4, -0.2) is 31.5 Å². The zero-order chi connectivity index (χ0) is 26.6. The molecule has 0 radical (unpaired) electrons. The summed E-state index contributed by atoms with van der Waals surface area (Å²) in [5, 5.41) is 12.1. The minimum absolute atomic E-state index is 0.196. The predicted molar refractivity (Wildman–Crippen MR) is 134 cm³/mol. The van der Waals surface area contributed by atoms with Gasteiger partial charge in [-0.3, -0.25) is 14.4 Å². The van der Waals surface area contributed by atoms with E-state index in [1.807, 2.05) is 32.0 Å². The summed E-state index contributed by atoms with van der Waals surface area (Å²) in [6.45, 7) is 11.2. The number of aromatic nitrogens is 3. The van der Waals surface area contributed by atoms with Gasteiger partial charge in [0.05, 0.1) is 31.5 Å². The lowest BCUT2D eigenvalue weighted by molar-refractivity contribution is -0.138. The molecule has 2 heterocycles. The fourth-order valence-corrected chi connectivity index (χ4v) is 4.15. The molecule has 3 rings (SSSR count). The van der Waals surface area contributed by atoms with Gasteiger partial charge >= 0.3 is 5.97 Å². The molecular formula is C27H30FN4O4+. The maximum atomic E-state index is 14.9. The molecule has 3 aromatic rings. The Hall–Kier alpha value is -4.01. The van der Waals surface area contributed by atoms with E-state index < -0.39 is 36.2 Å². The summed E-state index contributed by atoms with van der Waals surface area (Å²) in [4.78, 5) is 46.1. The molecule has 1 amide bonds. The Morgan fingerprint density at radius 2 is 1.86 bits per heavy atom. The number of nitrogens with one attached hydrogen (secondary N) is 1. The highest BCUT2D eigenvalue weighted by Gasteiger charge is 2.30. The second-order valence-corrected chi connectivity index (χ2v) is 9.16. The molecule has 3 atom stereocenters. The van der Waals surface area contributed by atoms with Crippen molar-refractivity contribution in [2.75, 3.05) is 0 Å². The molecule has 0 saturated heterocycles. The number of aliphatic carboxylic acids is 1. The Kier molecular flexibility index (Phi) is 8.24. The van der Waals surface area contributed by atoms with Gasteiger partial charge in [0.1, 0.15) is 11.7 Å². The quantitative estimate of drug-likeness (QED) is 0.434. The molecule has 0 aliphatic heterocycles. The van der Waals surface area contributed by atoms with Gasteiger partial charge in [0.25, 0.3) is 5.56 Å². The molecule has 0 aliphatic carbocycles. The lowest BCUT2D eigenvalue weighted by Gasteiger charge is -2.24. The van der Waals surface area contributed by atoms with Crippen molar-refractivity contribution < 1.29 is 19.1 Å². The number of benzene rings is 1. The van der Waals surface area contributed by atoms with Crippen molar-refractivity contribution >= 4 is 11.9 Å². The number of halogens is 1. The number of carbonyl (C=O) groups is 2. The van der Waals surface area contributed by atoms with Gasteiger partial charge in [-0.25, -0.2) is 14.4 Å². The van der Waals surface area contributed by atoms with Crippen LogP contribution in [-0.2, 0) is 9.59 Å². The van der Waals surface area contributed by atoms with Gasteiger partial charge in [-0.05, 0) is 50.5 Å². The Morgan fingerprint density at radius 3 is 2.44 bits per heavy atom. The fourth-order valence-electron chi connectivity index (χ4n) is 4.15. The highest BCUT2D eigenvalue weighted by Crippen LogP contribution is 2.27. The second kappa shape index (κ2) is 11.2. The first-order valence-electron chi connectivity index (χ1n) is 11.6. The Labute approximate surface area is 209 Å². The van der Waals surface area contributed by atoms with E-state index >= 15 is 0 Å². The maximum absolute atomic E-state index is 14.9. The van der Waals surface area contributed by atoms with Crippen LogP contribution in [0, 0.1) is 39.4 Å². The first kappa shape index (κ1) is 26.6. The van der Waals surface area contributed by atoms with Gasteiger partial charge in [0, 0.05) is 24.2 Å². The standard InChI is InChI=1S/C27H29FN4O4/c1-15(2)11-21(32-10-9-16(3)12-22(32)33)27(36)30-20(13-23(34)35)25-19(28)14-29-26(31-25)24-17(4)7-6-8-18(24)5/h6-10,12,14-15,20-21H,1,11,13H2,2-5H3,(H-,30,34,35,36)/p+1/t15?,20-,21-/m1/s1. The lowest BCUT2D eigenvalue weighted by atomic mass is 10.0. The van der Waals surface area contributed by atoms with E-state index in [0.717, 1.165) is 22.9 Å². The second-order valence-electron chi connectivity index (χ2n) is 9.16. The fraction of sp³-hybridized carbons (Fsp3) is 0.333. The largest absolute Gasteiger partial charge is 0.481 e. The average Bonchev–Trinajstić information content (AvgIpc) is 2.78. The number of pyridine rings is 1. The number of rotatable bonds is 9. The van der Waals surface area contributed by atoms with Crippen molar-refractivity contribution in [1.29, 1.82) is 0 Å². The van der Waals surface area contributed by atoms with E-state index in [4.69, 9.17) is 0 Å². The van der Waals surface area contributed by atoms with E-state index in [0.29, 0.717) is 5.56 Å². The minimum atomic E-state index is -1.29. The molecule has 0 bridgehead atoms. The zero-order valence-corrected chi connectivity index (χ0v) is 20.8. The number of carbonyl (C=O) groups excluding carboxylic acids is 1. The van der Waals surface area contributed by atoms with Gasteiger partial charge in [0.15, 0.2) is 11.6 Å². The summed E-state index contributed by atoms with van der Waals surface area (Å²) < 4.78 is 16.2. The summed E-state index contributed by atoms with van der Waals surface area (Å²) >= 11 is 0. The van der Waals surface area contributed by atoms with Crippen LogP contribution < -0.4 is 10.9 Å². The van der Waals surface area contributed by atoms with Crippen LogP contribution in [0.2, 0.25) is 0 Å². The van der Waals surface area contributed by atoms with E-state index in [-0.39, 0.29) is 29.4 Å². The summed E-state index contributed by atoms with van der Waals surface area (Å²) in [5.41, 5.74) is 2.56. The highest BCUT2D eigenvalue weighted by atomic mass is 19.1. The Balaban J connectivity index is 2.04. The van der Waals surface area contributed by atoms with Crippen molar-refractivity contribution in [2.45, 2.75) is 52.6 Å². The van der Waals surface area contributed by atoms with Crippen LogP contribution in [0.3, 0.4) is 0 Å². The van der Waals surface area contributed by atoms with Crippen LogP contribution in [0.25, 0.3) is 11.4 Å². The van der Waals surface area contributed by atoms with Crippen LogP contribution in [0.1, 0.15) is 54.2 Å². The zero-order valence-electron chi connectivity index (χ0n) is 20.8. The van der Waals surface area contributed by atoms with Crippen LogP contribution in [0.15, 0.2) is 47.5 Å². The van der Waals surface area contributed by atoms with Crippen LogP contribution >= 0.6 is 0 Å². The summed E-state index contributed by atoms with van der Waals surface area (Å²) in [6.07, 6.45) is 2.10. The van der Waals surface area contributed by atoms with Crippen molar-refractivity contribution in [1.82, 2.24) is 19.9 Å². The smallest absolute Gasteiger partial charge is 0.305 e. The van der Waals surface area contributed by atoms with Crippen molar-refractivity contribution in [3.63, 3.8) is 0 Å². The van der Waals surface area contributed by atoms with Gasteiger partial charge in [-0.1, -0.05) is 18.2 Å². The van der Waals surface area contributed by atoms with E-state index in [2.05, 4.69) is 22.2 Å². The van der Waals surface area contributed by atoms with Gasteiger partial charge < -0.3 is 15.0 Å². The first-order valence-corrected chi connectivity index (χ1v) is 11.6. The molecular weight excluding hydrogens is 463 g/mol. The number of nitrogens with zero attached hydrogens (tertiary/aromatic N) is 3. The Morgan fingerprint density at radius 1 is 1.19 bits per heavy atom. The SMILES string of the molecule is [CH2+]C(C)C[C@H](C(=O)N[C@H](CC(=O)O)c1nc(-c2c(C)cccc2C)ncc1F)n1ccc(C)cc1=O. The molecule has 0 aliphatic rings. The number of carboxylic acids is 1. The normalized spacial score (nSPS) is 13.6. The highest BCUT2D eigenvalue weighted by molar-refractivity contribution is 5.81. The van der Waals surface area contributed by atoms with Gasteiger partial charge in [-0.2, -0.15) is 0 Å². The summed E-state index contributed by atoms with van der Waals surface area (Å²) in [6, 6.07) is 6.47. The van der Waals surface area contributed by atoms with Crippen LogP contribution in [0.4, 0.5) is 4.39 Å². The third-order valence-electron chi connectivity index (χ3n) is 5.87. The molecule has 0 saturated carbocycles. The number of hydrogen-bond acceptors (Lipinski definition) is 5. The molecule has 2 N–H and O–H groups in total.